The van der Waals surface area contributed by atoms with Crippen molar-refractivity contribution >= 4 is 11.8 Å². The third-order valence-corrected chi connectivity index (χ3v) is 28.0. The highest BCUT2D eigenvalue weighted by atomic mass is 16.8. The number of aliphatic hydroxyl groups is 39. The van der Waals surface area contributed by atoms with Crippen LogP contribution < -0.4 is 10.6 Å². The van der Waals surface area contributed by atoms with Crippen molar-refractivity contribution in [3.05, 3.63) is 0 Å². The molecule has 0 aromatic carbocycles. The average Bonchev–Trinajstić information content (AvgIpc) is 0.763. The summed E-state index contributed by atoms with van der Waals surface area (Å²) in [5.74, 6) is -1.91. The second-order valence-corrected chi connectivity index (χ2v) is 38.0. The third-order valence-electron chi connectivity index (χ3n) is 28.0. The Hall–Kier alpha value is -3.62. The van der Waals surface area contributed by atoms with Gasteiger partial charge in [0, 0.05) is 13.8 Å². The Balaban J connectivity index is 0.865. The van der Waals surface area contributed by atoms with Crippen LogP contribution in [0.2, 0.25) is 0 Å². The standard InChI is InChI=1S/C82H138N2O66/c1-16(94)83-31-44(107)62(25(10-92)130-70(31)125)143-71-32(84-17(2)95)45(108)63(26(11-93)138-71)144-78-61(124)65(146-82-69(150-81-68(53(116)39(102)24(9-91)137-81)148-77-59(122)49(112)36(99)21(6-88)134-77)54(117)41(104)28(142-82)13-127-73-56(119)50(113)40(103)27(139-73)12-126-72-55(118)46(109)33(96)18(3-85)131-72)43(106)30(141-78)14-128-74-60(123)64(145-75-57(120)47(110)34(97)19(4-86)132-75)42(105)29(140-74)15-129-79-66(51(114)37(100)22(7-89)135-79)149-80-67(52(115)38(101)23(8-90)136-80)147-76-58(121)48(111)35(98)20(5-87)133-76/h18-82,85-93,96-125H,3-15H2,1-2H3,(H,83,94)(H,84,95)/t18-,19-,20-,21-,22-,23-,24-,25-,26-,27-,28-,29-,30-,31-,32-,33-,34-,35-,36-,37-,38-,39-,40-,41-,42-,43-,44-,45-,46+,47+,48+,49+,50+,51+,52+,53+,54+,55+,56+,57+,58+,59+,60+,61+,62-,63-,64+,65+,66+,67+,68+,69+,70-,71+,72+,73+,74+,75-,76-,77-,78+,79+,80-,81-,82-/m1/s1. The molecule has 0 unspecified atom stereocenters. The zero-order valence-electron chi connectivity index (χ0n) is 79.2. The Bertz CT molecular complexity index is 4070. The van der Waals surface area contributed by atoms with Gasteiger partial charge in [0.25, 0.3) is 0 Å². The first-order valence-corrected chi connectivity index (χ1v) is 47.7. The maximum atomic E-state index is 13.3. The molecule has 0 aromatic heterocycles. The lowest BCUT2D eigenvalue weighted by Crippen LogP contribution is -2.70. The van der Waals surface area contributed by atoms with E-state index in [1.54, 1.807) is 0 Å². The van der Waals surface area contributed by atoms with E-state index in [2.05, 4.69) is 10.6 Å². The highest BCUT2D eigenvalue weighted by Gasteiger charge is 2.64. The van der Waals surface area contributed by atoms with Crippen LogP contribution >= 0.6 is 0 Å². The molecule has 2 amide bonds. The molecule has 68 heteroatoms. The summed E-state index contributed by atoms with van der Waals surface area (Å²) in [5, 5.41) is 443. The smallest absolute Gasteiger partial charge is 0.217 e. The molecular formula is C82H138N2O66. The van der Waals surface area contributed by atoms with E-state index in [9.17, 15) is 209 Å². The quantitative estimate of drug-likeness (QED) is 0.0272. The van der Waals surface area contributed by atoms with Crippen LogP contribution in [0.4, 0.5) is 0 Å². The van der Waals surface area contributed by atoms with Gasteiger partial charge in [0.15, 0.2) is 81.8 Å². The maximum absolute atomic E-state index is 13.3. The van der Waals surface area contributed by atoms with Gasteiger partial charge in [-0.2, -0.15) is 0 Å². The summed E-state index contributed by atoms with van der Waals surface area (Å²) in [4.78, 5) is 25.6. The lowest BCUT2D eigenvalue weighted by molar-refractivity contribution is -0.410. The lowest BCUT2D eigenvalue weighted by Gasteiger charge is -2.51. The van der Waals surface area contributed by atoms with Gasteiger partial charge in [0.05, 0.1) is 85.9 Å². The van der Waals surface area contributed by atoms with Crippen LogP contribution in [0.5, 0.6) is 0 Å². The van der Waals surface area contributed by atoms with Crippen LogP contribution in [0.25, 0.3) is 0 Å². The molecule has 0 radical (unpaired) electrons. The van der Waals surface area contributed by atoms with Crippen molar-refractivity contribution in [3.63, 3.8) is 0 Å². The molecule has 41 N–H and O–H groups in total. The van der Waals surface area contributed by atoms with Crippen LogP contribution in [-0.4, -0.2) is 696 Å². The second kappa shape index (κ2) is 53.8. The molecule has 0 aliphatic carbocycles. The fourth-order valence-corrected chi connectivity index (χ4v) is 19.2. The van der Waals surface area contributed by atoms with E-state index in [0.717, 1.165) is 13.8 Å². The molecule has 13 rings (SSSR count). The van der Waals surface area contributed by atoms with E-state index >= 15 is 0 Å². The molecule has 13 heterocycles. The summed E-state index contributed by atoms with van der Waals surface area (Å²) in [6.07, 6.45) is -142. The minimum Gasteiger partial charge on any atom is -0.394 e. The van der Waals surface area contributed by atoms with Crippen LogP contribution in [0, 0.1) is 0 Å². The Morgan fingerprint density at radius 2 is 0.367 bits per heavy atom. The van der Waals surface area contributed by atoms with Crippen molar-refractivity contribution in [2.75, 3.05) is 85.9 Å². The summed E-state index contributed by atoms with van der Waals surface area (Å²) in [7, 11) is 0. The second-order valence-electron chi connectivity index (χ2n) is 38.0. The molecule has 150 heavy (non-hydrogen) atoms. The Morgan fingerprint density at radius 3 is 0.713 bits per heavy atom. The van der Waals surface area contributed by atoms with Crippen LogP contribution in [0.15, 0.2) is 0 Å². The summed E-state index contributed by atoms with van der Waals surface area (Å²) in [5.41, 5.74) is 0. The van der Waals surface area contributed by atoms with Gasteiger partial charge in [-0.05, 0) is 0 Å². The average molecular weight is 2210 g/mol. The van der Waals surface area contributed by atoms with Crippen molar-refractivity contribution in [2.45, 2.75) is 413 Å². The van der Waals surface area contributed by atoms with Crippen LogP contribution in [0.3, 0.4) is 0 Å². The normalized spacial score (nSPS) is 52.1. The van der Waals surface area contributed by atoms with Gasteiger partial charge in [-0.25, -0.2) is 0 Å². The first kappa shape index (κ1) is 123. The largest absolute Gasteiger partial charge is 0.394 e. The van der Waals surface area contributed by atoms with Gasteiger partial charge in [-0.15, -0.1) is 0 Å². The first-order valence-electron chi connectivity index (χ1n) is 47.7. The molecule has 0 bridgehead atoms. The third kappa shape index (κ3) is 26.5. The van der Waals surface area contributed by atoms with E-state index in [0.29, 0.717) is 0 Å². The Labute approximate surface area is 845 Å². The number of hydrogen-bond donors (Lipinski definition) is 41. The van der Waals surface area contributed by atoms with Crippen molar-refractivity contribution in [3.8, 4) is 0 Å². The van der Waals surface area contributed by atoms with Crippen molar-refractivity contribution in [1.82, 2.24) is 10.6 Å². The van der Waals surface area contributed by atoms with Crippen molar-refractivity contribution in [2.24, 2.45) is 0 Å². The highest BCUT2D eigenvalue weighted by molar-refractivity contribution is 5.73. The Morgan fingerprint density at radius 1 is 0.173 bits per heavy atom. The first-order chi connectivity index (χ1) is 71.0. The van der Waals surface area contributed by atoms with Gasteiger partial charge in [0.1, 0.15) is 317 Å². The van der Waals surface area contributed by atoms with Crippen molar-refractivity contribution in [1.29, 1.82) is 0 Å². The van der Waals surface area contributed by atoms with E-state index in [-0.39, 0.29) is 0 Å². The molecule has 13 fully saturated rings. The van der Waals surface area contributed by atoms with Crippen LogP contribution in [-0.2, 0) is 128 Å². The number of ether oxygens (including phenoxy) is 25. The van der Waals surface area contributed by atoms with Gasteiger partial charge in [-0.1, -0.05) is 0 Å². The predicted octanol–water partition coefficient (Wildman–Crippen LogP) is -29.0. The zero-order chi connectivity index (χ0) is 110. The van der Waals surface area contributed by atoms with Crippen LogP contribution in [0.1, 0.15) is 13.8 Å². The fourth-order valence-electron chi connectivity index (χ4n) is 19.2. The monoisotopic (exact) mass is 2210 g/mol. The van der Waals surface area contributed by atoms with E-state index < -0.39 is 497 Å². The van der Waals surface area contributed by atoms with Crippen molar-refractivity contribution < 1.29 is 327 Å². The van der Waals surface area contributed by atoms with Gasteiger partial charge >= 0.3 is 0 Å². The molecular weight excluding hydrogens is 2070 g/mol. The number of rotatable bonds is 39. The van der Waals surface area contributed by atoms with E-state index in [4.69, 9.17) is 118 Å². The molecule has 0 aromatic rings. The number of carbonyl (C=O) groups is 2. The van der Waals surface area contributed by atoms with E-state index in [1.165, 1.54) is 0 Å². The van der Waals surface area contributed by atoms with E-state index in [1.807, 2.05) is 0 Å². The maximum Gasteiger partial charge on any atom is 0.217 e. The molecule has 872 valence electrons. The molecule has 68 nitrogen and oxygen atoms in total. The highest BCUT2D eigenvalue weighted by Crippen LogP contribution is 2.43. The molecule has 0 saturated carbocycles. The number of amides is 2. The van der Waals surface area contributed by atoms with Gasteiger partial charge in [-0.3, -0.25) is 9.59 Å². The number of aliphatic hydroxyl groups excluding tert-OH is 39. The Kier molecular flexibility index (Phi) is 44.2. The minimum absolute atomic E-state index is 0.860. The summed E-state index contributed by atoms with van der Waals surface area (Å²) in [6.45, 7) is -13.5. The lowest BCUT2D eigenvalue weighted by atomic mass is 9.94. The molecule has 13 saturated heterocycles. The number of hydrogen-bond acceptors (Lipinski definition) is 66. The predicted molar refractivity (Wildman–Crippen MR) is 451 cm³/mol. The molecule has 13 aliphatic heterocycles. The number of nitrogens with one attached hydrogen (secondary N) is 2. The summed E-state index contributed by atoms with van der Waals surface area (Å²) in [6, 6.07) is -3.84. The molecule has 0 spiro atoms. The minimum atomic E-state index is -2.84. The molecule has 65 atom stereocenters. The topological polar surface area (TPSA) is 1080 Å². The zero-order valence-corrected chi connectivity index (χ0v) is 79.2. The summed E-state index contributed by atoms with van der Waals surface area (Å²) >= 11 is 0. The fraction of sp³-hybridized carbons (Fsp3) is 0.976. The number of carbonyl (C=O) groups excluding carboxylic acids is 2. The van der Waals surface area contributed by atoms with Gasteiger partial charge in [0.2, 0.25) is 11.8 Å². The SMILES string of the molecule is CC(=O)N[C@@H]1[C@@H](O)[C@H](O[C@@H]2O[C@H](CO)[C@@H](O[C@@H]3O[C@H](CO[C@H]4O[C@H](CO[C@H]5O[C@H](CO)[C@@H](O)[C@H](O)[C@@H]5O[C@H]5O[C@H](CO)[C@@H](O)[C@H](O)[C@@H]5O[C@H]5O[C@H](CO)[C@@H](O)[C@H](O)[C@@H]5O)[C@@H](O)[C@H](O[C@H]5O[C@H](CO)[C@@H](O)[C@H](O)[C@@H]5O)[C@@H]4O)[C@@H](O)[C@H](O[C@H]4O[C@H](CO[C@H]5O[C@H](CO[C@H]6O[C@H](CO)[C@@H](O)[C@H](O)[C@@H]6O)[C@@H](O)[C@H](O)[C@@H]5O)[C@@H](O)[C@H](O)[C@@H]4O[C@H]4O[C@H](CO)[C@@H](O)[C@H](O)[C@@H]4O[C@H]4O[C@H](CO)[C@@H](O)[C@H](O)[C@@H]4O)[C@@H]3O)[C@H](O)[C@H]2NC(C)=O)[C@@H](CO)O[C@H]1O. The molecule has 13 aliphatic rings. The summed E-state index contributed by atoms with van der Waals surface area (Å²) < 4.78 is 148. The van der Waals surface area contributed by atoms with Gasteiger partial charge < -0.3 is 328 Å².